The van der Waals surface area contributed by atoms with Gasteiger partial charge in [-0.05, 0) is 24.9 Å². The van der Waals surface area contributed by atoms with Gasteiger partial charge in [-0.15, -0.1) is 0 Å². The maximum atomic E-state index is 3.47. The topological polar surface area (TPSA) is 36.1 Å². The maximum absolute atomic E-state index is 3.47. The van der Waals surface area contributed by atoms with Gasteiger partial charge in [0.05, 0.1) is 0 Å². The van der Waals surface area contributed by atoms with Gasteiger partial charge < -0.3 is 5.32 Å². The van der Waals surface area contributed by atoms with Crippen molar-refractivity contribution in [3.8, 4) is 0 Å². The smallest absolute Gasteiger partial charge is 0.161 e. The van der Waals surface area contributed by atoms with Crippen LogP contribution in [0.5, 0.6) is 0 Å². The van der Waals surface area contributed by atoms with Crippen LogP contribution in [-0.2, 0) is 6.54 Å². The number of benzene rings is 1. The summed E-state index contributed by atoms with van der Waals surface area (Å²) in [6.45, 7) is 3.11. The van der Waals surface area contributed by atoms with E-state index in [1.807, 2.05) is 0 Å². The molecule has 0 spiro atoms. The van der Waals surface area contributed by atoms with E-state index in [1.54, 1.807) is 0 Å². The highest BCUT2D eigenvalue weighted by molar-refractivity contribution is 6.03. The molecule has 3 N–H and O–H groups in total. The van der Waals surface area contributed by atoms with Crippen LogP contribution in [0, 0.1) is 0 Å². The van der Waals surface area contributed by atoms with Crippen LogP contribution in [0.3, 0.4) is 0 Å². The lowest BCUT2D eigenvalue weighted by molar-refractivity contribution is 0.558. The molecule has 0 bridgehead atoms. The van der Waals surface area contributed by atoms with Gasteiger partial charge >= 0.3 is 0 Å². The van der Waals surface area contributed by atoms with Crippen molar-refractivity contribution < 1.29 is 0 Å². The molecular formula is C13H22N3Si. The summed E-state index contributed by atoms with van der Waals surface area (Å²) >= 11 is 0. The summed E-state index contributed by atoms with van der Waals surface area (Å²) in [7, 11) is 3.15. The Bertz CT molecular complexity index is 267. The minimum absolute atomic E-state index is 0.982. The fourth-order valence-electron chi connectivity index (χ4n) is 1.71. The molecule has 0 saturated heterocycles. The van der Waals surface area contributed by atoms with Crippen LogP contribution < -0.4 is 15.8 Å². The van der Waals surface area contributed by atoms with E-state index in [0.29, 0.717) is 0 Å². The molecule has 4 heteroatoms. The quantitative estimate of drug-likeness (QED) is 0.334. The molecule has 0 aliphatic carbocycles. The van der Waals surface area contributed by atoms with E-state index in [-0.39, 0.29) is 0 Å². The summed E-state index contributed by atoms with van der Waals surface area (Å²) in [5, 5.41) is 6.21. The first-order valence-electron chi connectivity index (χ1n) is 6.32. The van der Waals surface area contributed by atoms with Crippen LogP contribution in [-0.4, -0.2) is 23.5 Å². The Kier molecular flexibility index (Phi) is 8.85. The molecule has 17 heavy (non-hydrogen) atoms. The molecule has 0 heterocycles. The zero-order valence-electron chi connectivity index (χ0n) is 10.3. The Labute approximate surface area is 108 Å². The summed E-state index contributed by atoms with van der Waals surface area (Å²) in [4.78, 5) is 0. The van der Waals surface area contributed by atoms with Crippen molar-refractivity contribution in [3.05, 3.63) is 35.9 Å². The number of hydrogen-bond acceptors (Lipinski definition) is 3. The third kappa shape index (κ3) is 8.10. The lowest BCUT2D eigenvalue weighted by atomic mass is 10.2. The van der Waals surface area contributed by atoms with Gasteiger partial charge in [-0.1, -0.05) is 43.2 Å². The summed E-state index contributed by atoms with van der Waals surface area (Å²) < 4.78 is 0. The van der Waals surface area contributed by atoms with Crippen molar-refractivity contribution in [3.63, 3.8) is 0 Å². The van der Waals surface area contributed by atoms with E-state index in [0.717, 1.165) is 19.6 Å². The maximum Gasteiger partial charge on any atom is 0.161 e. The zero-order valence-corrected chi connectivity index (χ0v) is 11.3. The number of rotatable bonds is 10. The molecule has 1 aromatic carbocycles. The molecule has 1 aromatic rings. The predicted molar refractivity (Wildman–Crippen MR) is 73.5 cm³/mol. The van der Waals surface area contributed by atoms with E-state index >= 15 is 0 Å². The summed E-state index contributed by atoms with van der Waals surface area (Å²) in [5.74, 6) is 0. The second-order valence-corrected chi connectivity index (χ2v) is 4.38. The molecule has 0 fully saturated rings. The molecule has 3 radical (unpaired) electrons. The molecule has 0 saturated carbocycles. The first kappa shape index (κ1) is 14.4. The van der Waals surface area contributed by atoms with Gasteiger partial charge in [-0.3, -0.25) is 10.5 Å². The Morgan fingerprint density at radius 3 is 2.29 bits per heavy atom. The Morgan fingerprint density at radius 2 is 1.59 bits per heavy atom. The number of hydrogen-bond donors (Lipinski definition) is 3. The second-order valence-electron chi connectivity index (χ2n) is 4.13. The molecule has 0 unspecified atom stereocenters. The van der Waals surface area contributed by atoms with Crippen LogP contribution in [0.2, 0.25) is 0 Å². The Hall–Kier alpha value is -0.683. The van der Waals surface area contributed by atoms with Gasteiger partial charge in [0.2, 0.25) is 0 Å². The minimum atomic E-state index is 0.982. The van der Waals surface area contributed by atoms with Crippen molar-refractivity contribution in [1.82, 2.24) is 15.8 Å². The fraction of sp³-hybridized carbons (Fsp3) is 0.538. The van der Waals surface area contributed by atoms with Crippen molar-refractivity contribution in [2.45, 2.75) is 32.2 Å². The molecule has 0 aliphatic heterocycles. The van der Waals surface area contributed by atoms with Crippen LogP contribution in [0.1, 0.15) is 31.2 Å². The lowest BCUT2D eigenvalue weighted by Crippen LogP contribution is -2.29. The zero-order chi connectivity index (χ0) is 12.2. The minimum Gasteiger partial charge on any atom is -0.313 e. The summed E-state index contributed by atoms with van der Waals surface area (Å²) in [6.07, 6.45) is 5.06. The van der Waals surface area contributed by atoms with Gasteiger partial charge in [0.25, 0.3) is 0 Å². The van der Waals surface area contributed by atoms with E-state index in [2.05, 4.69) is 56.6 Å². The molecule has 0 amide bonds. The van der Waals surface area contributed by atoms with Crippen LogP contribution in [0.15, 0.2) is 30.3 Å². The molecule has 0 aliphatic rings. The molecule has 93 valence electrons. The SMILES string of the molecule is [Si]NNCCCCCCNCc1ccccc1. The van der Waals surface area contributed by atoms with Crippen molar-refractivity contribution in [2.24, 2.45) is 0 Å². The average molecular weight is 248 g/mol. The first-order valence-corrected chi connectivity index (χ1v) is 6.82. The first-order chi connectivity index (χ1) is 8.43. The van der Waals surface area contributed by atoms with E-state index in [4.69, 9.17) is 0 Å². The van der Waals surface area contributed by atoms with Gasteiger partial charge in [0, 0.05) is 13.1 Å². The normalized spacial score (nSPS) is 10.6. The number of hydrazine groups is 1. The summed E-state index contributed by atoms with van der Waals surface area (Å²) in [6, 6.07) is 10.5. The van der Waals surface area contributed by atoms with Crippen LogP contribution in [0.25, 0.3) is 0 Å². The highest BCUT2D eigenvalue weighted by Gasteiger charge is 1.92. The fourth-order valence-corrected chi connectivity index (χ4v) is 1.83. The van der Waals surface area contributed by atoms with Gasteiger partial charge in [-0.2, -0.15) is 0 Å². The van der Waals surface area contributed by atoms with Crippen molar-refractivity contribution >= 4 is 10.4 Å². The third-order valence-corrected chi connectivity index (χ3v) is 2.84. The molecule has 0 aromatic heterocycles. The van der Waals surface area contributed by atoms with Gasteiger partial charge in [-0.25, -0.2) is 0 Å². The molecular weight excluding hydrogens is 226 g/mol. The van der Waals surface area contributed by atoms with Crippen molar-refractivity contribution in [1.29, 1.82) is 0 Å². The third-order valence-electron chi connectivity index (χ3n) is 2.67. The predicted octanol–water partition coefficient (Wildman–Crippen LogP) is 1.51. The number of nitrogens with one attached hydrogen (secondary N) is 3. The van der Waals surface area contributed by atoms with Gasteiger partial charge in [0.1, 0.15) is 0 Å². The standard InChI is InChI=1S/C13H22N3Si/c17-16-15-11-7-2-1-6-10-14-12-13-8-4-3-5-9-13/h3-5,8-9,14-16H,1-2,6-7,10-12H2. The van der Waals surface area contributed by atoms with E-state index < -0.39 is 0 Å². The van der Waals surface area contributed by atoms with Crippen molar-refractivity contribution in [2.75, 3.05) is 13.1 Å². The van der Waals surface area contributed by atoms with E-state index in [1.165, 1.54) is 31.2 Å². The number of unbranched alkanes of at least 4 members (excludes halogenated alkanes) is 3. The Morgan fingerprint density at radius 1 is 0.882 bits per heavy atom. The van der Waals surface area contributed by atoms with Crippen LogP contribution in [0.4, 0.5) is 0 Å². The largest absolute Gasteiger partial charge is 0.313 e. The molecule has 0 atom stereocenters. The van der Waals surface area contributed by atoms with Gasteiger partial charge in [0.15, 0.2) is 10.4 Å². The molecule has 1 rings (SSSR count). The average Bonchev–Trinajstić information content (AvgIpc) is 2.38. The van der Waals surface area contributed by atoms with E-state index in [9.17, 15) is 0 Å². The monoisotopic (exact) mass is 248 g/mol. The highest BCUT2D eigenvalue weighted by atomic mass is 28.2. The lowest BCUT2D eigenvalue weighted by Gasteiger charge is -2.05. The Balaban J connectivity index is 1.85. The highest BCUT2D eigenvalue weighted by Crippen LogP contribution is 1.99. The molecule has 3 nitrogen and oxygen atoms in total. The van der Waals surface area contributed by atoms with Crippen LogP contribution >= 0.6 is 0 Å². The summed E-state index contributed by atoms with van der Waals surface area (Å²) in [5.41, 5.74) is 4.38. The second kappa shape index (κ2) is 10.5.